The molecule has 0 radical (unpaired) electrons. The second-order valence-corrected chi connectivity index (χ2v) is 4.81. The summed E-state index contributed by atoms with van der Waals surface area (Å²) in [4.78, 5) is 14.1. The average Bonchev–Trinajstić information content (AvgIpc) is 2.38. The van der Waals surface area contributed by atoms with Crippen molar-refractivity contribution >= 4 is 11.5 Å². The van der Waals surface area contributed by atoms with Crippen molar-refractivity contribution in [1.82, 2.24) is 4.90 Å². The second kappa shape index (κ2) is 5.36. The normalized spacial score (nSPS) is 16.8. The number of nitrogens with zero attached hydrogens (tertiary/aromatic N) is 1. The Bertz CT molecular complexity index is 491. The van der Waals surface area contributed by atoms with Crippen LogP contribution >= 0.6 is 0 Å². The van der Waals surface area contributed by atoms with Crippen molar-refractivity contribution in [3.05, 3.63) is 41.0 Å². The first-order valence-corrected chi connectivity index (χ1v) is 6.17. The monoisotopic (exact) mass is 245 g/mol. The lowest BCUT2D eigenvalue weighted by molar-refractivity contribution is -0.136. The van der Waals surface area contributed by atoms with Gasteiger partial charge in [-0.25, -0.2) is 4.79 Å². The number of carbonyl (C=O) groups is 1. The highest BCUT2D eigenvalue weighted by atomic mass is 16.5. The van der Waals surface area contributed by atoms with E-state index in [-0.39, 0.29) is 5.97 Å². The van der Waals surface area contributed by atoms with Gasteiger partial charge < -0.3 is 9.64 Å². The van der Waals surface area contributed by atoms with E-state index < -0.39 is 0 Å². The Kier molecular flexibility index (Phi) is 3.82. The fourth-order valence-corrected chi connectivity index (χ4v) is 2.34. The minimum absolute atomic E-state index is 0.195. The fraction of sp³-hybridized carbons (Fsp3) is 0.400. The molecule has 0 aromatic heterocycles. The molecule has 1 aromatic carbocycles. The van der Waals surface area contributed by atoms with E-state index in [1.165, 1.54) is 12.7 Å². The van der Waals surface area contributed by atoms with E-state index in [1.54, 1.807) is 0 Å². The van der Waals surface area contributed by atoms with Gasteiger partial charge in [0.25, 0.3) is 0 Å². The number of aryl methyl sites for hydroxylation is 1. The summed E-state index contributed by atoms with van der Waals surface area (Å²) in [5, 5.41) is 0. The Morgan fingerprint density at radius 3 is 2.83 bits per heavy atom. The molecule has 96 valence electrons. The third-order valence-corrected chi connectivity index (χ3v) is 3.33. The molecule has 3 nitrogen and oxygen atoms in total. The zero-order valence-electron chi connectivity index (χ0n) is 11.2. The maximum Gasteiger partial charge on any atom is 0.334 e. The third kappa shape index (κ3) is 2.62. The summed E-state index contributed by atoms with van der Waals surface area (Å²) in [6.07, 6.45) is 0.756. The maximum absolute atomic E-state index is 11.8. The smallest absolute Gasteiger partial charge is 0.334 e. The molecule has 0 N–H and O–H groups in total. The van der Waals surface area contributed by atoms with E-state index in [1.807, 2.05) is 6.07 Å². The zero-order valence-corrected chi connectivity index (χ0v) is 11.2. The second-order valence-electron chi connectivity index (χ2n) is 4.81. The summed E-state index contributed by atoms with van der Waals surface area (Å²) in [7, 11) is 3.52. The summed E-state index contributed by atoms with van der Waals surface area (Å²) >= 11 is 0. The van der Waals surface area contributed by atoms with Crippen LogP contribution in [0.25, 0.3) is 5.57 Å². The number of methoxy groups -OCH3 is 1. The van der Waals surface area contributed by atoms with Gasteiger partial charge in [-0.15, -0.1) is 0 Å². The molecule has 0 spiro atoms. The molecule has 0 fully saturated rings. The van der Waals surface area contributed by atoms with Crippen molar-refractivity contribution in [2.45, 2.75) is 13.3 Å². The number of likely N-dealkylation sites (N-methyl/N-ethyl adjacent to an activating group) is 1. The molecule has 1 aliphatic heterocycles. The molecule has 1 aliphatic rings. The first-order valence-electron chi connectivity index (χ1n) is 6.17. The molecule has 0 bridgehead atoms. The lowest BCUT2D eigenvalue weighted by Crippen LogP contribution is -2.29. The highest BCUT2D eigenvalue weighted by Crippen LogP contribution is 2.27. The van der Waals surface area contributed by atoms with Gasteiger partial charge in [-0.3, -0.25) is 0 Å². The van der Waals surface area contributed by atoms with Crippen molar-refractivity contribution < 1.29 is 9.53 Å². The van der Waals surface area contributed by atoms with Gasteiger partial charge in [0, 0.05) is 18.7 Å². The van der Waals surface area contributed by atoms with Crippen LogP contribution in [0.5, 0.6) is 0 Å². The molecule has 18 heavy (non-hydrogen) atoms. The molecule has 0 atom stereocenters. The molecule has 1 aromatic rings. The number of esters is 1. The van der Waals surface area contributed by atoms with Crippen molar-refractivity contribution in [2.24, 2.45) is 0 Å². The van der Waals surface area contributed by atoms with Gasteiger partial charge in [0.15, 0.2) is 0 Å². The first-order chi connectivity index (χ1) is 8.61. The summed E-state index contributed by atoms with van der Waals surface area (Å²) in [6.45, 7) is 3.77. The quantitative estimate of drug-likeness (QED) is 0.748. The third-order valence-electron chi connectivity index (χ3n) is 3.33. The van der Waals surface area contributed by atoms with E-state index in [2.05, 4.69) is 37.1 Å². The zero-order chi connectivity index (χ0) is 13.1. The highest BCUT2D eigenvalue weighted by molar-refractivity contribution is 5.98. The van der Waals surface area contributed by atoms with Crippen LogP contribution in [0, 0.1) is 6.92 Å². The molecular formula is C15H19NO2. The van der Waals surface area contributed by atoms with Crippen molar-refractivity contribution in [2.75, 3.05) is 27.2 Å². The minimum Gasteiger partial charge on any atom is -0.466 e. The van der Waals surface area contributed by atoms with Crippen LogP contribution in [-0.2, 0) is 9.53 Å². The lowest BCUT2D eigenvalue weighted by atomic mass is 9.93. The number of rotatable bonds is 2. The highest BCUT2D eigenvalue weighted by Gasteiger charge is 2.23. The van der Waals surface area contributed by atoms with Gasteiger partial charge in [-0.05, 0) is 31.5 Å². The van der Waals surface area contributed by atoms with E-state index in [0.717, 1.165) is 36.2 Å². The summed E-state index contributed by atoms with van der Waals surface area (Å²) in [5.41, 5.74) is 4.25. The average molecular weight is 245 g/mol. The number of benzene rings is 1. The van der Waals surface area contributed by atoms with Crippen LogP contribution in [0.2, 0.25) is 0 Å². The van der Waals surface area contributed by atoms with Crippen LogP contribution in [0.3, 0.4) is 0 Å². The van der Waals surface area contributed by atoms with Crippen LogP contribution in [0.1, 0.15) is 17.5 Å². The van der Waals surface area contributed by atoms with Crippen LogP contribution in [0.15, 0.2) is 29.8 Å². The van der Waals surface area contributed by atoms with Gasteiger partial charge in [-0.1, -0.05) is 29.8 Å². The Morgan fingerprint density at radius 2 is 2.17 bits per heavy atom. The Labute approximate surface area is 108 Å². The van der Waals surface area contributed by atoms with Crippen LogP contribution in [0.4, 0.5) is 0 Å². The lowest BCUT2D eigenvalue weighted by Gasteiger charge is -2.27. The maximum atomic E-state index is 11.8. The summed E-state index contributed by atoms with van der Waals surface area (Å²) < 4.78 is 4.89. The van der Waals surface area contributed by atoms with E-state index in [0.29, 0.717) is 0 Å². The van der Waals surface area contributed by atoms with Gasteiger partial charge >= 0.3 is 5.97 Å². The topological polar surface area (TPSA) is 29.5 Å². The predicted molar refractivity (Wildman–Crippen MR) is 72.2 cm³/mol. The van der Waals surface area contributed by atoms with Gasteiger partial charge in [0.05, 0.1) is 7.11 Å². The summed E-state index contributed by atoms with van der Waals surface area (Å²) in [6, 6.07) is 8.28. The predicted octanol–water partition coefficient (Wildman–Crippen LogP) is 2.26. The molecular weight excluding hydrogens is 226 g/mol. The molecule has 1 heterocycles. The SMILES string of the molecule is COC(=O)C1=C(c2cccc(C)c2)CN(C)CC1. The van der Waals surface area contributed by atoms with Crippen LogP contribution in [-0.4, -0.2) is 38.1 Å². The Morgan fingerprint density at radius 1 is 1.39 bits per heavy atom. The largest absolute Gasteiger partial charge is 0.466 e. The number of ether oxygens (including phenoxy) is 1. The summed E-state index contributed by atoms with van der Waals surface area (Å²) in [5.74, 6) is -0.195. The van der Waals surface area contributed by atoms with Gasteiger partial charge in [0.2, 0.25) is 0 Å². The van der Waals surface area contributed by atoms with E-state index in [9.17, 15) is 4.79 Å². The first kappa shape index (κ1) is 12.8. The minimum atomic E-state index is -0.195. The number of hydrogen-bond acceptors (Lipinski definition) is 3. The number of hydrogen-bond donors (Lipinski definition) is 0. The molecule has 0 saturated heterocycles. The number of carbonyl (C=O) groups excluding carboxylic acids is 1. The van der Waals surface area contributed by atoms with E-state index >= 15 is 0 Å². The Balaban J connectivity index is 2.46. The molecule has 2 rings (SSSR count). The van der Waals surface area contributed by atoms with Crippen LogP contribution < -0.4 is 0 Å². The van der Waals surface area contributed by atoms with Gasteiger partial charge in [0.1, 0.15) is 0 Å². The van der Waals surface area contributed by atoms with Crippen molar-refractivity contribution in [3.8, 4) is 0 Å². The van der Waals surface area contributed by atoms with Gasteiger partial charge in [-0.2, -0.15) is 0 Å². The van der Waals surface area contributed by atoms with Crippen molar-refractivity contribution in [1.29, 1.82) is 0 Å². The standard InChI is InChI=1S/C15H19NO2/c1-11-5-4-6-12(9-11)14-10-16(2)8-7-13(14)15(17)18-3/h4-6,9H,7-8,10H2,1-3H3. The molecule has 0 aliphatic carbocycles. The molecule has 0 saturated carbocycles. The van der Waals surface area contributed by atoms with Crippen molar-refractivity contribution in [3.63, 3.8) is 0 Å². The van der Waals surface area contributed by atoms with E-state index in [4.69, 9.17) is 4.74 Å². The fourth-order valence-electron chi connectivity index (χ4n) is 2.34. The Hall–Kier alpha value is -1.61. The molecule has 3 heteroatoms. The molecule has 0 amide bonds. The molecule has 0 unspecified atom stereocenters.